The fourth-order valence-corrected chi connectivity index (χ4v) is 3.07. The van der Waals surface area contributed by atoms with Gasteiger partial charge in [-0.2, -0.15) is 0 Å². The highest BCUT2D eigenvalue weighted by Gasteiger charge is 2.32. The van der Waals surface area contributed by atoms with E-state index in [0.29, 0.717) is 16.6 Å². The average Bonchev–Trinajstić information content (AvgIpc) is 2.88. The molecule has 4 nitrogen and oxygen atoms in total. The van der Waals surface area contributed by atoms with Crippen LogP contribution in [-0.2, 0) is 4.74 Å². The minimum Gasteiger partial charge on any atom is -0.444 e. The van der Waals surface area contributed by atoms with Crippen molar-refractivity contribution in [1.29, 1.82) is 0 Å². The van der Waals surface area contributed by atoms with Gasteiger partial charge in [-0.15, -0.1) is 0 Å². The highest BCUT2D eigenvalue weighted by atomic mass is 35.5. The van der Waals surface area contributed by atoms with E-state index in [1.54, 1.807) is 4.90 Å². The van der Waals surface area contributed by atoms with E-state index in [4.69, 9.17) is 27.9 Å². The van der Waals surface area contributed by atoms with Gasteiger partial charge < -0.3 is 15.0 Å². The number of carbonyl (C=O) groups excluding carboxylic acids is 1. The van der Waals surface area contributed by atoms with Crippen molar-refractivity contribution in [2.24, 2.45) is 0 Å². The lowest BCUT2D eigenvalue weighted by atomic mass is 10.2. The first-order chi connectivity index (χ1) is 10.7. The maximum absolute atomic E-state index is 12.3. The monoisotopic (exact) mass is 358 g/mol. The van der Waals surface area contributed by atoms with Crippen LogP contribution in [0.1, 0.15) is 39.2 Å². The maximum Gasteiger partial charge on any atom is 0.410 e. The van der Waals surface area contributed by atoms with E-state index in [9.17, 15) is 4.79 Å². The van der Waals surface area contributed by atoms with Crippen LogP contribution in [0.2, 0.25) is 10.0 Å². The van der Waals surface area contributed by atoms with Crippen molar-refractivity contribution in [3.63, 3.8) is 0 Å². The molecule has 23 heavy (non-hydrogen) atoms. The molecule has 0 aromatic heterocycles. The minimum absolute atomic E-state index is 0.0981. The van der Waals surface area contributed by atoms with Crippen LogP contribution in [0.3, 0.4) is 0 Å². The molecule has 1 aromatic rings. The van der Waals surface area contributed by atoms with Crippen LogP contribution in [0.5, 0.6) is 0 Å². The third-order valence-corrected chi connectivity index (χ3v) is 4.50. The van der Waals surface area contributed by atoms with Crippen LogP contribution in [0.15, 0.2) is 12.1 Å². The van der Waals surface area contributed by atoms with Crippen molar-refractivity contribution < 1.29 is 9.53 Å². The molecule has 128 valence electrons. The van der Waals surface area contributed by atoms with Gasteiger partial charge in [0.1, 0.15) is 5.60 Å². The normalized spacial score (nSPS) is 18.2. The van der Waals surface area contributed by atoms with Crippen LogP contribution in [0.4, 0.5) is 10.5 Å². The van der Waals surface area contributed by atoms with E-state index in [0.717, 1.165) is 30.6 Å². The van der Waals surface area contributed by atoms with Gasteiger partial charge in [-0.05, 0) is 58.2 Å². The summed E-state index contributed by atoms with van der Waals surface area (Å²) in [7, 11) is 0. The zero-order chi connectivity index (χ0) is 17.2. The summed E-state index contributed by atoms with van der Waals surface area (Å²) in [5, 5.41) is 4.61. The van der Waals surface area contributed by atoms with E-state index in [2.05, 4.69) is 5.32 Å². The van der Waals surface area contributed by atoms with Crippen molar-refractivity contribution in [3.05, 3.63) is 27.7 Å². The van der Waals surface area contributed by atoms with Crippen LogP contribution in [0, 0.1) is 6.92 Å². The fourth-order valence-electron chi connectivity index (χ4n) is 2.62. The Balaban J connectivity index is 1.99. The first-order valence-electron chi connectivity index (χ1n) is 7.86. The summed E-state index contributed by atoms with van der Waals surface area (Å²) in [5.41, 5.74) is 1.25. The molecule has 6 heteroatoms. The number of ether oxygens (including phenoxy) is 1. The zero-order valence-electron chi connectivity index (χ0n) is 14.1. The summed E-state index contributed by atoms with van der Waals surface area (Å²) in [4.78, 5) is 14.1. The Morgan fingerprint density at radius 1 is 1.35 bits per heavy atom. The number of carbonyl (C=O) groups is 1. The standard InChI is InChI=1S/C17H24Cl2N2O2/c1-11-8-14(19)15(9-13(11)18)20-10-12-6-5-7-21(12)16(22)23-17(2,3)4/h8-9,12,20H,5-7,10H2,1-4H3. The molecule has 0 bridgehead atoms. The topological polar surface area (TPSA) is 41.6 Å². The van der Waals surface area contributed by atoms with Gasteiger partial charge in [-0.1, -0.05) is 23.2 Å². The number of amides is 1. The average molecular weight is 359 g/mol. The van der Waals surface area contributed by atoms with E-state index in [-0.39, 0.29) is 12.1 Å². The summed E-state index contributed by atoms with van der Waals surface area (Å²) in [6.07, 6.45) is 1.67. The molecule has 0 spiro atoms. The second kappa shape index (κ2) is 7.18. The summed E-state index contributed by atoms with van der Waals surface area (Å²) >= 11 is 12.4. The van der Waals surface area contributed by atoms with Crippen molar-refractivity contribution in [2.75, 3.05) is 18.4 Å². The van der Waals surface area contributed by atoms with E-state index >= 15 is 0 Å². The number of nitrogens with zero attached hydrogens (tertiary/aromatic N) is 1. The second-order valence-corrected chi connectivity index (χ2v) is 7.75. The first kappa shape index (κ1) is 18.2. The molecule has 1 unspecified atom stereocenters. The molecule has 1 atom stereocenters. The Kier molecular flexibility index (Phi) is 5.69. The SMILES string of the molecule is Cc1cc(Cl)c(NCC2CCCN2C(=O)OC(C)(C)C)cc1Cl. The molecule has 1 heterocycles. The number of anilines is 1. The van der Waals surface area contributed by atoms with Gasteiger partial charge in [-0.25, -0.2) is 4.79 Å². The van der Waals surface area contributed by atoms with E-state index in [1.165, 1.54) is 0 Å². The van der Waals surface area contributed by atoms with Crippen molar-refractivity contribution >= 4 is 35.0 Å². The number of hydrogen-bond donors (Lipinski definition) is 1. The number of likely N-dealkylation sites (tertiary alicyclic amines) is 1. The number of rotatable bonds is 3. The molecule has 1 N–H and O–H groups in total. The predicted octanol–water partition coefficient (Wildman–Crippen LogP) is 5.11. The van der Waals surface area contributed by atoms with Crippen molar-refractivity contribution in [1.82, 2.24) is 4.90 Å². The van der Waals surface area contributed by atoms with Gasteiger partial charge in [0, 0.05) is 18.1 Å². The summed E-state index contributed by atoms with van der Waals surface area (Å²) < 4.78 is 5.47. The summed E-state index contributed by atoms with van der Waals surface area (Å²) in [6.45, 7) is 8.90. The minimum atomic E-state index is -0.481. The number of aryl methyl sites for hydroxylation is 1. The number of hydrogen-bond acceptors (Lipinski definition) is 3. The van der Waals surface area contributed by atoms with Crippen LogP contribution in [-0.4, -0.2) is 35.7 Å². The Labute approximate surface area is 148 Å². The van der Waals surface area contributed by atoms with Gasteiger partial charge in [0.15, 0.2) is 0 Å². The number of nitrogens with one attached hydrogen (secondary N) is 1. The van der Waals surface area contributed by atoms with Gasteiger partial charge in [-0.3, -0.25) is 0 Å². The number of benzene rings is 1. The van der Waals surface area contributed by atoms with E-state index in [1.807, 2.05) is 39.8 Å². The largest absolute Gasteiger partial charge is 0.444 e. The maximum atomic E-state index is 12.3. The highest BCUT2D eigenvalue weighted by molar-refractivity contribution is 6.35. The molecule has 1 aliphatic rings. The molecule has 1 aromatic carbocycles. The Hall–Kier alpha value is -1.13. The van der Waals surface area contributed by atoms with Gasteiger partial charge >= 0.3 is 6.09 Å². The third-order valence-electron chi connectivity index (χ3n) is 3.78. The first-order valence-corrected chi connectivity index (χ1v) is 8.62. The summed E-state index contributed by atoms with van der Waals surface area (Å²) in [6, 6.07) is 3.76. The van der Waals surface area contributed by atoms with Crippen molar-refractivity contribution in [3.8, 4) is 0 Å². The lowest BCUT2D eigenvalue weighted by Gasteiger charge is -2.29. The van der Waals surface area contributed by atoms with Gasteiger partial charge in [0.25, 0.3) is 0 Å². The second-order valence-electron chi connectivity index (χ2n) is 6.93. The number of halogens is 2. The molecular weight excluding hydrogens is 335 g/mol. The molecule has 2 rings (SSSR count). The van der Waals surface area contributed by atoms with E-state index < -0.39 is 5.60 Å². The lowest BCUT2D eigenvalue weighted by Crippen LogP contribution is -2.42. The molecule has 0 radical (unpaired) electrons. The molecule has 1 fully saturated rings. The molecule has 1 saturated heterocycles. The predicted molar refractivity (Wildman–Crippen MR) is 95.7 cm³/mol. The lowest BCUT2D eigenvalue weighted by molar-refractivity contribution is 0.0235. The quantitative estimate of drug-likeness (QED) is 0.815. The molecular formula is C17H24Cl2N2O2. The molecule has 1 amide bonds. The zero-order valence-corrected chi connectivity index (χ0v) is 15.6. The molecule has 0 aliphatic carbocycles. The van der Waals surface area contributed by atoms with Crippen LogP contribution in [0.25, 0.3) is 0 Å². The third kappa shape index (κ3) is 4.92. The fraction of sp³-hybridized carbons (Fsp3) is 0.588. The van der Waals surface area contributed by atoms with Crippen LogP contribution >= 0.6 is 23.2 Å². The Morgan fingerprint density at radius 3 is 2.70 bits per heavy atom. The smallest absolute Gasteiger partial charge is 0.410 e. The molecule has 0 saturated carbocycles. The van der Waals surface area contributed by atoms with Gasteiger partial charge in [0.05, 0.1) is 16.8 Å². The molecule has 1 aliphatic heterocycles. The van der Waals surface area contributed by atoms with Crippen molar-refractivity contribution in [2.45, 2.75) is 52.2 Å². The summed E-state index contributed by atoms with van der Waals surface area (Å²) in [5.74, 6) is 0. The van der Waals surface area contributed by atoms with Crippen LogP contribution < -0.4 is 5.32 Å². The highest BCUT2D eigenvalue weighted by Crippen LogP contribution is 2.29. The Bertz CT molecular complexity index is 585. The Morgan fingerprint density at radius 2 is 2.04 bits per heavy atom. The van der Waals surface area contributed by atoms with Gasteiger partial charge in [0.2, 0.25) is 0 Å².